The number of benzene rings is 1. The van der Waals surface area contributed by atoms with Crippen molar-refractivity contribution in [2.75, 3.05) is 0 Å². The maximum absolute atomic E-state index is 6.51. The van der Waals surface area contributed by atoms with Crippen LogP contribution in [0.3, 0.4) is 0 Å². The molecule has 0 aliphatic heterocycles. The van der Waals surface area contributed by atoms with Crippen LogP contribution in [0.25, 0.3) is 0 Å². The molecule has 0 aromatic heterocycles. The molecule has 0 bridgehead atoms. The quantitative estimate of drug-likeness (QED) is 0.844. The zero-order valence-electron chi connectivity index (χ0n) is 11.7. The lowest BCUT2D eigenvalue weighted by atomic mass is 9.79. The van der Waals surface area contributed by atoms with E-state index in [1.807, 2.05) is 26.0 Å². The van der Waals surface area contributed by atoms with Crippen LogP contribution < -0.4 is 10.5 Å². The molecule has 0 fully saturated rings. The van der Waals surface area contributed by atoms with Crippen LogP contribution in [0, 0.1) is 5.92 Å². The lowest BCUT2D eigenvalue weighted by Crippen LogP contribution is -2.41. The molecule has 0 amide bonds. The Morgan fingerprint density at radius 3 is 2.35 bits per heavy atom. The number of hydrogen-bond donors (Lipinski definition) is 1. The third-order valence-corrected chi connectivity index (χ3v) is 3.36. The van der Waals surface area contributed by atoms with Gasteiger partial charge in [-0.1, -0.05) is 32.9 Å². The first-order valence-corrected chi connectivity index (χ1v) is 6.46. The molecular weight excluding hydrogens is 210 g/mol. The van der Waals surface area contributed by atoms with E-state index in [2.05, 4.69) is 32.9 Å². The van der Waals surface area contributed by atoms with Crippen LogP contribution >= 0.6 is 0 Å². The molecular formula is C15H25NO. The largest absolute Gasteiger partial charge is 0.491 e. The number of rotatable bonds is 5. The van der Waals surface area contributed by atoms with E-state index >= 15 is 0 Å². The standard InChI is InChI=1S/C15H25NO/c1-6-15(16,11(2)3)13-8-7-9-14(10-13)17-12(4)5/h7-12H,6,16H2,1-5H3. The zero-order valence-corrected chi connectivity index (χ0v) is 11.7. The summed E-state index contributed by atoms with van der Waals surface area (Å²) in [4.78, 5) is 0. The van der Waals surface area contributed by atoms with Crippen LogP contribution in [-0.4, -0.2) is 6.10 Å². The van der Waals surface area contributed by atoms with Crippen molar-refractivity contribution >= 4 is 0 Å². The molecule has 0 radical (unpaired) electrons. The van der Waals surface area contributed by atoms with Gasteiger partial charge in [0.2, 0.25) is 0 Å². The van der Waals surface area contributed by atoms with Gasteiger partial charge >= 0.3 is 0 Å². The average Bonchev–Trinajstić information content (AvgIpc) is 2.27. The topological polar surface area (TPSA) is 35.2 Å². The van der Waals surface area contributed by atoms with Crippen LogP contribution in [0.4, 0.5) is 0 Å². The second kappa shape index (κ2) is 5.54. The predicted molar refractivity (Wildman–Crippen MR) is 73.2 cm³/mol. The van der Waals surface area contributed by atoms with Gasteiger partial charge in [-0.2, -0.15) is 0 Å². The van der Waals surface area contributed by atoms with E-state index in [1.54, 1.807) is 0 Å². The molecule has 1 aromatic carbocycles. The zero-order chi connectivity index (χ0) is 13.1. The van der Waals surface area contributed by atoms with Crippen molar-refractivity contribution in [3.05, 3.63) is 29.8 Å². The molecule has 0 aliphatic rings. The maximum Gasteiger partial charge on any atom is 0.120 e. The Labute approximate surface area is 105 Å². The Bertz CT molecular complexity index is 360. The minimum atomic E-state index is -0.268. The number of hydrogen-bond acceptors (Lipinski definition) is 2. The normalized spacial score (nSPS) is 15.1. The second-order valence-corrected chi connectivity index (χ2v) is 5.24. The number of nitrogens with two attached hydrogens (primary N) is 1. The summed E-state index contributed by atoms with van der Waals surface area (Å²) in [5.41, 5.74) is 7.40. The van der Waals surface area contributed by atoms with Crippen LogP contribution in [0.5, 0.6) is 5.75 Å². The smallest absolute Gasteiger partial charge is 0.120 e. The fourth-order valence-electron chi connectivity index (χ4n) is 2.08. The van der Waals surface area contributed by atoms with Gasteiger partial charge in [0.1, 0.15) is 5.75 Å². The van der Waals surface area contributed by atoms with E-state index in [0.717, 1.165) is 17.7 Å². The van der Waals surface area contributed by atoms with Crippen LogP contribution in [0.1, 0.15) is 46.6 Å². The first-order valence-electron chi connectivity index (χ1n) is 6.46. The van der Waals surface area contributed by atoms with E-state index in [4.69, 9.17) is 10.5 Å². The maximum atomic E-state index is 6.51. The Morgan fingerprint density at radius 1 is 1.24 bits per heavy atom. The lowest BCUT2D eigenvalue weighted by molar-refractivity contribution is 0.240. The summed E-state index contributed by atoms with van der Waals surface area (Å²) in [7, 11) is 0. The summed E-state index contributed by atoms with van der Waals surface area (Å²) < 4.78 is 5.72. The molecule has 1 rings (SSSR count). The summed E-state index contributed by atoms with van der Waals surface area (Å²) in [5.74, 6) is 1.31. The Kier molecular flexibility index (Phi) is 4.58. The van der Waals surface area contributed by atoms with Crippen molar-refractivity contribution in [1.29, 1.82) is 0 Å². The molecule has 0 heterocycles. The average molecular weight is 235 g/mol. The molecule has 96 valence electrons. The lowest BCUT2D eigenvalue weighted by Gasteiger charge is -2.33. The highest BCUT2D eigenvalue weighted by Gasteiger charge is 2.29. The van der Waals surface area contributed by atoms with Crippen LogP contribution in [-0.2, 0) is 5.54 Å². The first kappa shape index (κ1) is 14.0. The summed E-state index contributed by atoms with van der Waals surface area (Å²) in [5, 5.41) is 0. The molecule has 1 aromatic rings. The molecule has 2 N–H and O–H groups in total. The summed E-state index contributed by atoms with van der Waals surface area (Å²) in [6, 6.07) is 8.17. The van der Waals surface area contributed by atoms with E-state index in [0.29, 0.717) is 5.92 Å². The third kappa shape index (κ3) is 3.22. The monoisotopic (exact) mass is 235 g/mol. The van der Waals surface area contributed by atoms with Gasteiger partial charge in [-0.15, -0.1) is 0 Å². The van der Waals surface area contributed by atoms with Crippen molar-refractivity contribution in [3.63, 3.8) is 0 Å². The third-order valence-electron chi connectivity index (χ3n) is 3.36. The SMILES string of the molecule is CCC(N)(c1cccc(OC(C)C)c1)C(C)C. The minimum Gasteiger partial charge on any atom is -0.491 e. The molecule has 1 unspecified atom stereocenters. The summed E-state index contributed by atoms with van der Waals surface area (Å²) in [6.45, 7) is 10.5. The van der Waals surface area contributed by atoms with Gasteiger partial charge in [0.25, 0.3) is 0 Å². The van der Waals surface area contributed by atoms with Gasteiger partial charge in [0.05, 0.1) is 6.10 Å². The van der Waals surface area contributed by atoms with E-state index in [1.165, 1.54) is 0 Å². The van der Waals surface area contributed by atoms with Crippen LogP contribution in [0.2, 0.25) is 0 Å². The van der Waals surface area contributed by atoms with Crippen molar-refractivity contribution in [2.24, 2.45) is 11.7 Å². The van der Waals surface area contributed by atoms with Gasteiger partial charge in [0.15, 0.2) is 0 Å². The van der Waals surface area contributed by atoms with Crippen molar-refractivity contribution in [1.82, 2.24) is 0 Å². The molecule has 0 aliphatic carbocycles. The Balaban J connectivity index is 3.05. The highest BCUT2D eigenvalue weighted by atomic mass is 16.5. The Morgan fingerprint density at radius 2 is 1.88 bits per heavy atom. The second-order valence-electron chi connectivity index (χ2n) is 5.24. The van der Waals surface area contributed by atoms with Gasteiger partial charge in [-0.05, 0) is 43.9 Å². The van der Waals surface area contributed by atoms with E-state index in [-0.39, 0.29) is 11.6 Å². The highest BCUT2D eigenvalue weighted by Crippen LogP contribution is 2.32. The van der Waals surface area contributed by atoms with Gasteiger partial charge in [-0.3, -0.25) is 0 Å². The fraction of sp³-hybridized carbons (Fsp3) is 0.600. The van der Waals surface area contributed by atoms with Gasteiger partial charge in [-0.25, -0.2) is 0 Å². The van der Waals surface area contributed by atoms with E-state index < -0.39 is 0 Å². The Hall–Kier alpha value is -1.02. The van der Waals surface area contributed by atoms with Gasteiger partial charge in [0, 0.05) is 5.54 Å². The predicted octanol–water partition coefficient (Wildman–Crippen LogP) is 3.69. The molecule has 1 atom stereocenters. The first-order chi connectivity index (χ1) is 7.90. The molecule has 2 nitrogen and oxygen atoms in total. The van der Waals surface area contributed by atoms with Gasteiger partial charge < -0.3 is 10.5 Å². The minimum absolute atomic E-state index is 0.193. The molecule has 2 heteroatoms. The summed E-state index contributed by atoms with van der Waals surface area (Å²) in [6.07, 6.45) is 1.12. The highest BCUT2D eigenvalue weighted by molar-refractivity contribution is 5.33. The summed E-state index contributed by atoms with van der Waals surface area (Å²) >= 11 is 0. The molecule has 17 heavy (non-hydrogen) atoms. The van der Waals surface area contributed by atoms with Crippen molar-refractivity contribution in [2.45, 2.75) is 52.7 Å². The van der Waals surface area contributed by atoms with Crippen LogP contribution in [0.15, 0.2) is 24.3 Å². The molecule has 0 saturated heterocycles. The van der Waals surface area contributed by atoms with E-state index in [9.17, 15) is 0 Å². The van der Waals surface area contributed by atoms with Crippen molar-refractivity contribution in [3.8, 4) is 5.75 Å². The molecule has 0 saturated carbocycles. The molecule has 0 spiro atoms. The fourth-order valence-corrected chi connectivity index (χ4v) is 2.08. The number of ether oxygens (including phenoxy) is 1. The van der Waals surface area contributed by atoms with Crippen molar-refractivity contribution < 1.29 is 4.74 Å².